The van der Waals surface area contributed by atoms with Crippen molar-refractivity contribution < 1.29 is 4.74 Å². The highest BCUT2D eigenvalue weighted by Gasteiger charge is 2.02. The van der Waals surface area contributed by atoms with E-state index < -0.39 is 0 Å². The second-order valence-corrected chi connectivity index (χ2v) is 4.07. The molecule has 1 atom stereocenters. The third-order valence-corrected chi connectivity index (χ3v) is 2.49. The molecule has 0 aliphatic rings. The molecule has 0 bridgehead atoms. The summed E-state index contributed by atoms with van der Waals surface area (Å²) in [6.45, 7) is 2.75. The molecule has 0 radical (unpaired) electrons. The lowest BCUT2D eigenvalue weighted by Gasteiger charge is -2.13. The van der Waals surface area contributed by atoms with Crippen LogP contribution in [0, 0.1) is 0 Å². The number of nitrogens with two attached hydrogens (primary N) is 1. The summed E-state index contributed by atoms with van der Waals surface area (Å²) in [5.74, 6) is 0. The minimum atomic E-state index is 0.174. The highest BCUT2D eigenvalue weighted by Crippen LogP contribution is 2.23. The topological polar surface area (TPSA) is 47.3 Å². The zero-order chi connectivity index (χ0) is 10.6. The second kappa shape index (κ2) is 5.22. The van der Waals surface area contributed by atoms with Gasteiger partial charge in [-0.05, 0) is 25.1 Å². The third-order valence-electron chi connectivity index (χ3n) is 2.00. The number of ether oxygens (including phenoxy) is 1. The highest BCUT2D eigenvalue weighted by atomic mass is 79.9. The van der Waals surface area contributed by atoms with Crippen molar-refractivity contribution in [2.75, 3.05) is 24.7 Å². The van der Waals surface area contributed by atoms with Crippen LogP contribution in [0.25, 0.3) is 0 Å². The zero-order valence-corrected chi connectivity index (χ0v) is 9.97. The Morgan fingerprint density at radius 1 is 1.57 bits per heavy atom. The monoisotopic (exact) mass is 258 g/mol. The summed E-state index contributed by atoms with van der Waals surface area (Å²) in [6, 6.07) is 5.74. The maximum absolute atomic E-state index is 5.79. The number of benzene rings is 1. The number of methoxy groups -OCH3 is 1. The Bertz CT molecular complexity index is 304. The predicted molar refractivity (Wildman–Crippen MR) is 63.5 cm³/mol. The Morgan fingerprint density at radius 3 is 2.93 bits per heavy atom. The van der Waals surface area contributed by atoms with E-state index in [4.69, 9.17) is 10.5 Å². The molecule has 0 aliphatic heterocycles. The summed E-state index contributed by atoms with van der Waals surface area (Å²) in [5.41, 5.74) is 7.47. The minimum absolute atomic E-state index is 0.174. The first-order chi connectivity index (χ1) is 6.63. The summed E-state index contributed by atoms with van der Waals surface area (Å²) in [6.07, 6.45) is 0.174. The summed E-state index contributed by atoms with van der Waals surface area (Å²) in [7, 11) is 1.69. The number of nitrogen functional groups attached to an aromatic ring is 1. The summed E-state index contributed by atoms with van der Waals surface area (Å²) < 4.78 is 6.14. The molecular formula is C10H15BrN2O. The van der Waals surface area contributed by atoms with Gasteiger partial charge in [-0.2, -0.15) is 0 Å². The van der Waals surface area contributed by atoms with Gasteiger partial charge >= 0.3 is 0 Å². The van der Waals surface area contributed by atoms with Crippen molar-refractivity contribution in [1.82, 2.24) is 0 Å². The molecule has 0 aliphatic carbocycles. The van der Waals surface area contributed by atoms with Crippen LogP contribution in [0.3, 0.4) is 0 Å². The smallest absolute Gasteiger partial charge is 0.0715 e. The molecule has 1 aromatic rings. The fourth-order valence-electron chi connectivity index (χ4n) is 1.02. The van der Waals surface area contributed by atoms with Crippen LogP contribution in [0.5, 0.6) is 0 Å². The molecule has 1 rings (SSSR count). The molecule has 4 heteroatoms. The summed E-state index contributed by atoms with van der Waals surface area (Å²) in [5, 5.41) is 3.22. The molecule has 3 N–H and O–H groups in total. The van der Waals surface area contributed by atoms with Crippen LogP contribution in [0.4, 0.5) is 11.4 Å². The third kappa shape index (κ3) is 3.20. The average molecular weight is 259 g/mol. The van der Waals surface area contributed by atoms with Gasteiger partial charge in [0, 0.05) is 18.1 Å². The van der Waals surface area contributed by atoms with Gasteiger partial charge in [0.25, 0.3) is 0 Å². The van der Waals surface area contributed by atoms with E-state index in [1.54, 1.807) is 7.11 Å². The first kappa shape index (κ1) is 11.3. The molecule has 0 amide bonds. The number of anilines is 2. The van der Waals surface area contributed by atoms with Crippen molar-refractivity contribution in [3.8, 4) is 0 Å². The van der Waals surface area contributed by atoms with Gasteiger partial charge in [0.15, 0.2) is 0 Å². The van der Waals surface area contributed by atoms with Crippen LogP contribution in [0.2, 0.25) is 0 Å². The Morgan fingerprint density at radius 2 is 2.29 bits per heavy atom. The largest absolute Gasteiger partial charge is 0.397 e. The predicted octanol–water partition coefficient (Wildman–Crippen LogP) is 2.48. The van der Waals surface area contributed by atoms with E-state index in [-0.39, 0.29) is 6.10 Å². The van der Waals surface area contributed by atoms with E-state index in [1.165, 1.54) is 0 Å². The lowest BCUT2D eigenvalue weighted by molar-refractivity contribution is 0.129. The molecule has 78 valence electrons. The maximum Gasteiger partial charge on any atom is 0.0715 e. The van der Waals surface area contributed by atoms with E-state index in [9.17, 15) is 0 Å². The van der Waals surface area contributed by atoms with Gasteiger partial charge < -0.3 is 15.8 Å². The van der Waals surface area contributed by atoms with E-state index in [2.05, 4.69) is 21.2 Å². The van der Waals surface area contributed by atoms with Crippen LogP contribution in [-0.2, 0) is 4.74 Å². The van der Waals surface area contributed by atoms with E-state index in [0.29, 0.717) is 0 Å². The first-order valence-corrected chi connectivity index (χ1v) is 5.24. The molecule has 0 aromatic heterocycles. The normalized spacial score (nSPS) is 12.5. The summed E-state index contributed by atoms with van der Waals surface area (Å²) >= 11 is 3.39. The quantitative estimate of drug-likeness (QED) is 0.816. The SMILES string of the molecule is CO[C@H](C)CNc1cc(Br)ccc1N. The van der Waals surface area contributed by atoms with Crippen LogP contribution < -0.4 is 11.1 Å². The van der Waals surface area contributed by atoms with Crippen LogP contribution in [0.15, 0.2) is 22.7 Å². The second-order valence-electron chi connectivity index (χ2n) is 3.16. The molecule has 3 nitrogen and oxygen atoms in total. The lowest BCUT2D eigenvalue weighted by Crippen LogP contribution is -2.18. The van der Waals surface area contributed by atoms with Gasteiger partial charge in [-0.3, -0.25) is 0 Å². The molecule has 0 fully saturated rings. The Labute approximate surface area is 92.8 Å². The van der Waals surface area contributed by atoms with Gasteiger partial charge in [0.1, 0.15) is 0 Å². The Hall–Kier alpha value is -0.740. The van der Waals surface area contributed by atoms with Crippen LogP contribution in [-0.4, -0.2) is 19.8 Å². The molecule has 0 unspecified atom stereocenters. The maximum atomic E-state index is 5.79. The molecule has 1 aromatic carbocycles. The van der Waals surface area contributed by atoms with Crippen LogP contribution in [0.1, 0.15) is 6.92 Å². The molecule has 0 spiro atoms. The van der Waals surface area contributed by atoms with Gasteiger partial charge in [-0.1, -0.05) is 15.9 Å². The molecule has 0 heterocycles. The number of nitrogens with one attached hydrogen (secondary N) is 1. The number of halogens is 1. The van der Waals surface area contributed by atoms with Gasteiger partial charge in [0.05, 0.1) is 17.5 Å². The fraction of sp³-hybridized carbons (Fsp3) is 0.400. The van der Waals surface area contributed by atoms with Crippen molar-refractivity contribution in [3.63, 3.8) is 0 Å². The Balaban J connectivity index is 2.62. The Kier molecular flexibility index (Phi) is 4.22. The molecule has 14 heavy (non-hydrogen) atoms. The van der Waals surface area contributed by atoms with Crippen molar-refractivity contribution in [3.05, 3.63) is 22.7 Å². The number of hydrogen-bond acceptors (Lipinski definition) is 3. The van der Waals surface area contributed by atoms with Gasteiger partial charge in [-0.25, -0.2) is 0 Å². The van der Waals surface area contributed by atoms with E-state index >= 15 is 0 Å². The van der Waals surface area contributed by atoms with Crippen LogP contribution >= 0.6 is 15.9 Å². The van der Waals surface area contributed by atoms with Crippen molar-refractivity contribution in [2.24, 2.45) is 0 Å². The molecule has 0 saturated heterocycles. The minimum Gasteiger partial charge on any atom is -0.397 e. The van der Waals surface area contributed by atoms with E-state index in [1.807, 2.05) is 25.1 Å². The fourth-order valence-corrected chi connectivity index (χ4v) is 1.38. The van der Waals surface area contributed by atoms with Gasteiger partial charge in [-0.15, -0.1) is 0 Å². The highest BCUT2D eigenvalue weighted by molar-refractivity contribution is 9.10. The van der Waals surface area contributed by atoms with Crippen molar-refractivity contribution in [1.29, 1.82) is 0 Å². The van der Waals surface area contributed by atoms with E-state index in [0.717, 1.165) is 22.4 Å². The molecular weight excluding hydrogens is 244 g/mol. The van der Waals surface area contributed by atoms with Crippen molar-refractivity contribution in [2.45, 2.75) is 13.0 Å². The summed E-state index contributed by atoms with van der Waals surface area (Å²) in [4.78, 5) is 0. The average Bonchev–Trinajstić information content (AvgIpc) is 2.19. The number of hydrogen-bond donors (Lipinski definition) is 2. The molecule has 0 saturated carbocycles. The standard InChI is InChI=1S/C10H15BrN2O/c1-7(14-2)6-13-10-5-8(11)3-4-9(10)12/h3-5,7,13H,6,12H2,1-2H3/t7-/m1/s1. The lowest BCUT2D eigenvalue weighted by atomic mass is 10.2. The van der Waals surface area contributed by atoms with Crippen molar-refractivity contribution >= 4 is 27.3 Å². The number of rotatable bonds is 4. The zero-order valence-electron chi connectivity index (χ0n) is 8.38. The van der Waals surface area contributed by atoms with Gasteiger partial charge in [0.2, 0.25) is 0 Å². The first-order valence-electron chi connectivity index (χ1n) is 4.45.